The van der Waals surface area contributed by atoms with E-state index in [2.05, 4.69) is 0 Å². The molecule has 3 N–H and O–H groups in total. The molecule has 0 saturated heterocycles. The van der Waals surface area contributed by atoms with Gasteiger partial charge in [-0.05, 0) is 17.7 Å². The second kappa shape index (κ2) is 5.22. The first-order chi connectivity index (χ1) is 6.63. The summed E-state index contributed by atoms with van der Waals surface area (Å²) >= 11 is 1.59. The Kier molecular flexibility index (Phi) is 4.22. The van der Waals surface area contributed by atoms with Crippen molar-refractivity contribution in [1.29, 1.82) is 0 Å². The number of rotatable bonds is 4. The van der Waals surface area contributed by atoms with Gasteiger partial charge < -0.3 is 10.8 Å². The van der Waals surface area contributed by atoms with Crippen LogP contribution in [0, 0.1) is 5.82 Å². The molecule has 0 heterocycles. The minimum Gasteiger partial charge on any atom is -0.396 e. The molecule has 2 nitrogen and oxygen atoms in total. The van der Waals surface area contributed by atoms with Crippen molar-refractivity contribution in [2.45, 2.75) is 17.9 Å². The molecule has 1 atom stereocenters. The summed E-state index contributed by atoms with van der Waals surface area (Å²) in [6.07, 6.45) is 0. The summed E-state index contributed by atoms with van der Waals surface area (Å²) in [5.41, 5.74) is 6.41. The second-order valence-corrected chi connectivity index (χ2v) is 4.59. The highest BCUT2D eigenvalue weighted by molar-refractivity contribution is 7.99. The Morgan fingerprint density at radius 3 is 2.86 bits per heavy atom. The van der Waals surface area contributed by atoms with E-state index in [1.54, 1.807) is 23.9 Å². The average Bonchev–Trinajstić information content (AvgIpc) is 2.19. The maximum atomic E-state index is 13.0. The summed E-state index contributed by atoms with van der Waals surface area (Å²) in [4.78, 5) is 0. The predicted octanol–water partition coefficient (Wildman–Crippen LogP) is 2.02. The van der Waals surface area contributed by atoms with Gasteiger partial charge in [-0.1, -0.05) is 13.0 Å². The van der Waals surface area contributed by atoms with Gasteiger partial charge in [-0.2, -0.15) is 11.8 Å². The van der Waals surface area contributed by atoms with Gasteiger partial charge in [0.1, 0.15) is 5.82 Å². The molecule has 1 rings (SSSR count). The first-order valence-corrected chi connectivity index (χ1v) is 5.44. The van der Waals surface area contributed by atoms with Gasteiger partial charge >= 0.3 is 0 Å². The van der Waals surface area contributed by atoms with Crippen molar-refractivity contribution in [3.8, 4) is 0 Å². The van der Waals surface area contributed by atoms with Crippen LogP contribution in [-0.2, 0) is 5.75 Å². The van der Waals surface area contributed by atoms with Crippen LogP contribution in [0.1, 0.15) is 12.5 Å². The van der Waals surface area contributed by atoms with Crippen LogP contribution in [0.5, 0.6) is 0 Å². The molecule has 0 aliphatic rings. The molecule has 1 aromatic carbocycles. The lowest BCUT2D eigenvalue weighted by Crippen LogP contribution is -2.02. The number of halogens is 1. The standard InChI is InChI=1S/C10H14FNOS/c1-7(5-13)14-6-8-2-3-10(12)9(11)4-8/h2-4,7,13H,5-6,12H2,1H3. The smallest absolute Gasteiger partial charge is 0.146 e. The van der Waals surface area contributed by atoms with Gasteiger partial charge in [-0.15, -0.1) is 0 Å². The molecule has 0 aliphatic heterocycles. The number of aliphatic hydroxyl groups excluding tert-OH is 1. The molecule has 0 fully saturated rings. The van der Waals surface area contributed by atoms with E-state index in [-0.39, 0.29) is 23.4 Å². The van der Waals surface area contributed by atoms with E-state index in [4.69, 9.17) is 10.8 Å². The summed E-state index contributed by atoms with van der Waals surface area (Å²) in [6, 6.07) is 4.80. The molecular weight excluding hydrogens is 201 g/mol. The Morgan fingerprint density at radius 1 is 1.57 bits per heavy atom. The Bertz CT molecular complexity index is 306. The number of hydrogen-bond donors (Lipinski definition) is 2. The molecule has 0 aromatic heterocycles. The molecule has 1 aromatic rings. The van der Waals surface area contributed by atoms with Crippen LogP contribution in [0.3, 0.4) is 0 Å². The molecule has 4 heteroatoms. The summed E-state index contributed by atoms with van der Waals surface area (Å²) in [5, 5.41) is 8.97. The summed E-state index contributed by atoms with van der Waals surface area (Å²) in [7, 11) is 0. The zero-order chi connectivity index (χ0) is 10.6. The topological polar surface area (TPSA) is 46.2 Å². The van der Waals surface area contributed by atoms with Crippen molar-refractivity contribution >= 4 is 17.4 Å². The van der Waals surface area contributed by atoms with Gasteiger partial charge in [-0.3, -0.25) is 0 Å². The van der Waals surface area contributed by atoms with E-state index in [1.165, 1.54) is 6.07 Å². The Labute approximate surface area is 87.3 Å². The number of nitrogens with two attached hydrogens (primary N) is 1. The highest BCUT2D eigenvalue weighted by Gasteiger charge is 2.03. The fraction of sp³-hybridized carbons (Fsp3) is 0.400. The highest BCUT2D eigenvalue weighted by Crippen LogP contribution is 2.19. The van der Waals surface area contributed by atoms with Crippen molar-refractivity contribution in [2.75, 3.05) is 12.3 Å². The van der Waals surface area contributed by atoms with E-state index in [1.807, 2.05) is 6.92 Å². The third kappa shape index (κ3) is 3.20. The van der Waals surface area contributed by atoms with Crippen molar-refractivity contribution in [3.63, 3.8) is 0 Å². The fourth-order valence-corrected chi connectivity index (χ4v) is 1.71. The van der Waals surface area contributed by atoms with E-state index < -0.39 is 0 Å². The van der Waals surface area contributed by atoms with E-state index in [0.717, 1.165) is 5.56 Å². The molecule has 0 amide bonds. The van der Waals surface area contributed by atoms with E-state index in [0.29, 0.717) is 5.75 Å². The zero-order valence-corrected chi connectivity index (χ0v) is 8.85. The Balaban J connectivity index is 2.55. The predicted molar refractivity (Wildman–Crippen MR) is 58.7 cm³/mol. The second-order valence-electron chi connectivity index (χ2n) is 3.16. The molecule has 0 aliphatic carbocycles. The number of anilines is 1. The molecule has 14 heavy (non-hydrogen) atoms. The third-order valence-electron chi connectivity index (χ3n) is 1.86. The fourth-order valence-electron chi connectivity index (χ4n) is 0.952. The van der Waals surface area contributed by atoms with Crippen LogP contribution in [0.15, 0.2) is 18.2 Å². The van der Waals surface area contributed by atoms with Gasteiger partial charge in [-0.25, -0.2) is 4.39 Å². The Morgan fingerprint density at radius 2 is 2.29 bits per heavy atom. The first kappa shape index (κ1) is 11.3. The molecule has 0 bridgehead atoms. The van der Waals surface area contributed by atoms with Gasteiger partial charge in [0.25, 0.3) is 0 Å². The number of aliphatic hydroxyl groups is 1. The van der Waals surface area contributed by atoms with Crippen LogP contribution in [-0.4, -0.2) is 17.0 Å². The maximum absolute atomic E-state index is 13.0. The number of nitrogen functional groups attached to an aromatic ring is 1. The minimum atomic E-state index is -0.375. The van der Waals surface area contributed by atoms with Gasteiger partial charge in [0.15, 0.2) is 0 Å². The molecule has 1 unspecified atom stereocenters. The van der Waals surface area contributed by atoms with Crippen LogP contribution in [0.4, 0.5) is 10.1 Å². The van der Waals surface area contributed by atoms with Gasteiger partial charge in [0.05, 0.1) is 12.3 Å². The Hall–Kier alpha value is -0.740. The summed E-state index contributed by atoms with van der Waals surface area (Å²) in [5.74, 6) is 0.318. The van der Waals surface area contributed by atoms with Crippen LogP contribution < -0.4 is 5.73 Å². The van der Waals surface area contributed by atoms with Crippen molar-refractivity contribution in [1.82, 2.24) is 0 Å². The minimum absolute atomic E-state index is 0.141. The van der Waals surface area contributed by atoms with Gasteiger partial charge in [0.2, 0.25) is 0 Å². The van der Waals surface area contributed by atoms with Crippen molar-refractivity contribution in [3.05, 3.63) is 29.6 Å². The first-order valence-electron chi connectivity index (χ1n) is 4.40. The number of hydrogen-bond acceptors (Lipinski definition) is 3. The highest BCUT2D eigenvalue weighted by atomic mass is 32.2. The maximum Gasteiger partial charge on any atom is 0.146 e. The molecule has 0 spiro atoms. The largest absolute Gasteiger partial charge is 0.396 e. The lowest BCUT2D eigenvalue weighted by atomic mass is 10.2. The average molecular weight is 215 g/mol. The molecule has 78 valence electrons. The van der Waals surface area contributed by atoms with Crippen LogP contribution >= 0.6 is 11.8 Å². The number of thioether (sulfide) groups is 1. The van der Waals surface area contributed by atoms with E-state index >= 15 is 0 Å². The normalized spacial score (nSPS) is 12.8. The third-order valence-corrected chi connectivity index (χ3v) is 3.07. The SMILES string of the molecule is CC(CO)SCc1ccc(N)c(F)c1. The zero-order valence-electron chi connectivity index (χ0n) is 8.03. The molecule has 0 saturated carbocycles. The van der Waals surface area contributed by atoms with Crippen molar-refractivity contribution in [2.24, 2.45) is 0 Å². The van der Waals surface area contributed by atoms with Crippen LogP contribution in [0.2, 0.25) is 0 Å². The molecular formula is C10H14FNOS. The van der Waals surface area contributed by atoms with Crippen LogP contribution in [0.25, 0.3) is 0 Å². The quantitative estimate of drug-likeness (QED) is 0.755. The van der Waals surface area contributed by atoms with Crippen molar-refractivity contribution < 1.29 is 9.50 Å². The number of benzene rings is 1. The van der Waals surface area contributed by atoms with Gasteiger partial charge in [0, 0.05) is 11.0 Å². The summed E-state index contributed by atoms with van der Waals surface area (Å²) < 4.78 is 13.0. The molecule has 0 radical (unpaired) electrons. The lowest BCUT2D eigenvalue weighted by Gasteiger charge is -2.07. The monoisotopic (exact) mass is 215 g/mol. The lowest BCUT2D eigenvalue weighted by molar-refractivity contribution is 0.300. The van der Waals surface area contributed by atoms with E-state index in [9.17, 15) is 4.39 Å². The summed E-state index contributed by atoms with van der Waals surface area (Å²) in [6.45, 7) is 2.07.